The van der Waals surface area contributed by atoms with E-state index >= 15 is 0 Å². The smallest absolute Gasteiger partial charge is 0.108 e. The van der Waals surface area contributed by atoms with E-state index in [2.05, 4.69) is 55.1 Å². The molecule has 5 heteroatoms. The lowest BCUT2D eigenvalue weighted by atomic mass is 9.55. The van der Waals surface area contributed by atoms with Gasteiger partial charge in [0.25, 0.3) is 0 Å². The number of likely N-dealkylation sites (tertiary alicyclic amines) is 1. The zero-order chi connectivity index (χ0) is 25.5. The lowest BCUT2D eigenvalue weighted by molar-refractivity contribution is 0.0801. The first kappa shape index (κ1) is 27.5. The van der Waals surface area contributed by atoms with E-state index in [4.69, 9.17) is 4.74 Å². The molecule has 0 spiro atoms. The zero-order valence-electron chi connectivity index (χ0n) is 23.3. The summed E-state index contributed by atoms with van der Waals surface area (Å²) in [6, 6.07) is 6.15. The van der Waals surface area contributed by atoms with E-state index in [9.17, 15) is 4.91 Å². The van der Waals surface area contributed by atoms with Crippen molar-refractivity contribution >= 4 is 5.69 Å². The van der Waals surface area contributed by atoms with Crippen LogP contribution in [0.2, 0.25) is 0 Å². The van der Waals surface area contributed by atoms with Gasteiger partial charge < -0.3 is 14.5 Å². The lowest BCUT2D eigenvalue weighted by Gasteiger charge is -2.49. The summed E-state index contributed by atoms with van der Waals surface area (Å²) in [5, 5.41) is 3.15. The van der Waals surface area contributed by atoms with Crippen LogP contribution in [-0.4, -0.2) is 63.3 Å². The van der Waals surface area contributed by atoms with Crippen LogP contribution in [0.1, 0.15) is 82.3 Å². The van der Waals surface area contributed by atoms with E-state index in [1.54, 1.807) is 5.57 Å². The second kappa shape index (κ2) is 12.8. The third kappa shape index (κ3) is 6.28. The molecule has 1 aromatic rings. The normalized spacial score (nSPS) is 30.5. The van der Waals surface area contributed by atoms with Gasteiger partial charge in [-0.25, -0.2) is 0 Å². The quantitative estimate of drug-likeness (QED) is 0.223. The van der Waals surface area contributed by atoms with Crippen LogP contribution in [0.3, 0.4) is 0 Å². The van der Waals surface area contributed by atoms with Gasteiger partial charge in [0.05, 0.1) is 13.2 Å². The highest BCUT2D eigenvalue weighted by Gasteiger charge is 2.52. The number of hydrogen-bond donors (Lipinski definition) is 0. The third-order valence-electron chi connectivity index (χ3n) is 9.53. The number of aryl methyl sites for hydroxylation is 1. The van der Waals surface area contributed by atoms with Crippen molar-refractivity contribution in [2.24, 2.45) is 22.4 Å². The van der Waals surface area contributed by atoms with Crippen LogP contribution in [0.25, 0.3) is 0 Å². The molecule has 0 aromatic heterocycles. The Morgan fingerprint density at radius 2 is 1.97 bits per heavy atom. The van der Waals surface area contributed by atoms with E-state index in [-0.39, 0.29) is 0 Å². The van der Waals surface area contributed by atoms with Crippen molar-refractivity contribution in [2.75, 3.05) is 53.5 Å². The van der Waals surface area contributed by atoms with Crippen molar-refractivity contribution in [3.05, 3.63) is 45.9 Å². The predicted octanol–water partition coefficient (Wildman–Crippen LogP) is 6.94. The fourth-order valence-electron chi connectivity index (χ4n) is 7.70. The van der Waals surface area contributed by atoms with E-state index in [0.717, 1.165) is 38.0 Å². The highest BCUT2D eigenvalue weighted by molar-refractivity contribution is 5.47. The summed E-state index contributed by atoms with van der Waals surface area (Å²) in [7, 11) is 4.17. The monoisotopic (exact) mass is 495 g/mol. The molecule has 1 aromatic carbocycles. The summed E-state index contributed by atoms with van der Waals surface area (Å²) in [5.41, 5.74) is 5.49. The standard InChI is InChI=1S/C26H36N2O2.C5H13N/c1-26-12-10-23-22-8-6-21(27-29)18-19(22)4-7-24(23)25(26)9-5-20(26)11-16-30-17-15-28-13-2-3-14-28;1-4-5-6(2)3/h6,8,11,18,23-25H,2-5,7,9-10,12-17H2,1H3;4-5H2,1-3H3/b20-11+;. The van der Waals surface area contributed by atoms with E-state index < -0.39 is 0 Å². The molecule has 200 valence electrons. The molecule has 1 heterocycles. The molecule has 4 aliphatic rings. The molecular formula is C31H49N3O2. The molecule has 3 fully saturated rings. The van der Waals surface area contributed by atoms with Crippen LogP contribution < -0.4 is 0 Å². The molecule has 4 unspecified atom stereocenters. The number of ether oxygens (including phenoxy) is 1. The average molecular weight is 496 g/mol. The Kier molecular flexibility index (Phi) is 9.77. The zero-order valence-corrected chi connectivity index (χ0v) is 23.3. The topological polar surface area (TPSA) is 45.1 Å². The molecule has 0 bridgehead atoms. The Morgan fingerprint density at radius 1 is 1.17 bits per heavy atom. The van der Waals surface area contributed by atoms with Gasteiger partial charge in [-0.05, 0) is 143 Å². The molecule has 36 heavy (non-hydrogen) atoms. The minimum absolute atomic E-state index is 0.362. The summed E-state index contributed by atoms with van der Waals surface area (Å²) in [6.45, 7) is 11.2. The minimum atomic E-state index is 0.362. The van der Waals surface area contributed by atoms with E-state index in [1.165, 1.54) is 82.1 Å². The number of nitroso groups, excluding NO2 is 1. The molecule has 5 nitrogen and oxygen atoms in total. The van der Waals surface area contributed by atoms with Gasteiger partial charge in [-0.2, -0.15) is 0 Å². The Labute approximate surface area is 219 Å². The highest BCUT2D eigenvalue weighted by Crippen LogP contribution is 2.62. The van der Waals surface area contributed by atoms with Gasteiger partial charge in [0.2, 0.25) is 0 Å². The Hall–Kier alpha value is -1.56. The SMILES string of the molecule is CC12CCC3c4ccc(N=O)cc4CCC3C1CC/C2=C\COCCN1CCCC1.CCCN(C)C. The molecule has 3 aliphatic carbocycles. The maximum atomic E-state index is 10.9. The number of rotatable bonds is 8. The summed E-state index contributed by atoms with van der Waals surface area (Å²) in [5.74, 6) is 2.25. The van der Waals surface area contributed by atoms with Crippen molar-refractivity contribution in [1.29, 1.82) is 0 Å². The number of allylic oxidation sites excluding steroid dienone is 1. The summed E-state index contributed by atoms with van der Waals surface area (Å²) < 4.78 is 6.00. The predicted molar refractivity (Wildman–Crippen MR) is 150 cm³/mol. The van der Waals surface area contributed by atoms with Gasteiger partial charge in [-0.3, -0.25) is 0 Å². The van der Waals surface area contributed by atoms with Crippen LogP contribution >= 0.6 is 0 Å². The van der Waals surface area contributed by atoms with Crippen molar-refractivity contribution in [3.8, 4) is 0 Å². The van der Waals surface area contributed by atoms with Gasteiger partial charge >= 0.3 is 0 Å². The molecule has 0 radical (unpaired) electrons. The molecular weight excluding hydrogens is 446 g/mol. The molecule has 2 saturated carbocycles. The molecule has 1 aliphatic heterocycles. The fraction of sp³-hybridized carbons (Fsp3) is 0.742. The Bertz CT molecular complexity index is 892. The van der Waals surface area contributed by atoms with Gasteiger partial charge in [0.15, 0.2) is 0 Å². The second-order valence-electron chi connectivity index (χ2n) is 12.0. The Balaban J connectivity index is 0.000000455. The van der Waals surface area contributed by atoms with Gasteiger partial charge in [0, 0.05) is 6.54 Å². The lowest BCUT2D eigenvalue weighted by Crippen LogP contribution is -2.40. The molecule has 5 rings (SSSR count). The third-order valence-corrected chi connectivity index (χ3v) is 9.53. The molecule has 4 atom stereocenters. The average Bonchev–Trinajstić information content (AvgIpc) is 3.51. The van der Waals surface area contributed by atoms with Crippen LogP contribution in [-0.2, 0) is 11.2 Å². The maximum absolute atomic E-state index is 10.9. The largest absolute Gasteiger partial charge is 0.376 e. The van der Waals surface area contributed by atoms with Gasteiger partial charge in [-0.1, -0.05) is 31.6 Å². The number of hydrogen-bond acceptors (Lipinski definition) is 5. The highest BCUT2D eigenvalue weighted by atomic mass is 16.5. The van der Waals surface area contributed by atoms with Crippen molar-refractivity contribution in [1.82, 2.24) is 9.80 Å². The molecule has 0 N–H and O–H groups in total. The first-order valence-corrected chi connectivity index (χ1v) is 14.6. The number of fused-ring (bicyclic) bond motifs is 5. The van der Waals surface area contributed by atoms with Crippen molar-refractivity contribution in [2.45, 2.75) is 77.6 Å². The van der Waals surface area contributed by atoms with Gasteiger partial charge in [0.1, 0.15) is 5.69 Å². The summed E-state index contributed by atoms with van der Waals surface area (Å²) >= 11 is 0. The maximum Gasteiger partial charge on any atom is 0.108 e. The van der Waals surface area contributed by atoms with Crippen LogP contribution in [0.4, 0.5) is 5.69 Å². The van der Waals surface area contributed by atoms with E-state index in [1.807, 2.05) is 12.1 Å². The molecule has 0 amide bonds. The van der Waals surface area contributed by atoms with Crippen LogP contribution in [0.5, 0.6) is 0 Å². The second-order valence-corrected chi connectivity index (χ2v) is 12.0. The summed E-state index contributed by atoms with van der Waals surface area (Å²) in [4.78, 5) is 15.6. The minimum Gasteiger partial charge on any atom is -0.376 e. The fourth-order valence-corrected chi connectivity index (χ4v) is 7.70. The van der Waals surface area contributed by atoms with E-state index in [0.29, 0.717) is 17.0 Å². The number of nitrogens with zero attached hydrogens (tertiary/aromatic N) is 3. The van der Waals surface area contributed by atoms with Crippen molar-refractivity contribution in [3.63, 3.8) is 0 Å². The first-order chi connectivity index (χ1) is 17.5. The number of benzene rings is 1. The first-order valence-electron chi connectivity index (χ1n) is 14.6. The summed E-state index contributed by atoms with van der Waals surface area (Å²) in [6.07, 6.45) is 13.9. The van der Waals surface area contributed by atoms with Crippen LogP contribution in [0, 0.1) is 22.2 Å². The Morgan fingerprint density at radius 3 is 2.67 bits per heavy atom. The van der Waals surface area contributed by atoms with Gasteiger partial charge in [-0.15, -0.1) is 4.91 Å². The molecule has 1 saturated heterocycles. The van der Waals surface area contributed by atoms with Crippen molar-refractivity contribution < 1.29 is 4.74 Å². The van der Waals surface area contributed by atoms with Crippen LogP contribution in [0.15, 0.2) is 35.0 Å².